The van der Waals surface area contributed by atoms with Gasteiger partial charge in [-0.15, -0.1) is 0 Å². The molecular weight excluding hydrogens is 410 g/mol. The molecule has 1 unspecified atom stereocenters. The molecule has 0 bridgehead atoms. The zero-order valence-electron chi connectivity index (χ0n) is 21.4. The number of nitrogens with zero attached hydrogens (tertiary/aromatic N) is 2. The molecule has 0 aliphatic carbocycles. The lowest BCUT2D eigenvalue weighted by Gasteiger charge is -2.29. The van der Waals surface area contributed by atoms with Crippen molar-refractivity contribution in [2.24, 2.45) is 0 Å². The van der Waals surface area contributed by atoms with Gasteiger partial charge in [0, 0.05) is 13.1 Å². The fourth-order valence-corrected chi connectivity index (χ4v) is 3.13. The van der Waals surface area contributed by atoms with Crippen LogP contribution in [0.3, 0.4) is 0 Å². The van der Waals surface area contributed by atoms with Crippen molar-refractivity contribution in [1.29, 1.82) is 0 Å². The van der Waals surface area contributed by atoms with Crippen LogP contribution >= 0.6 is 0 Å². The zero-order chi connectivity index (χ0) is 25.0. The number of amides is 2. The van der Waals surface area contributed by atoms with Crippen molar-refractivity contribution < 1.29 is 23.9 Å². The minimum Gasteiger partial charge on any atom is -0.459 e. The summed E-state index contributed by atoms with van der Waals surface area (Å²) in [7, 11) is 0. The fraction of sp³-hybridized carbons (Fsp3) is 0.667. The number of rotatable bonds is 6. The maximum atomic E-state index is 13.1. The van der Waals surface area contributed by atoms with E-state index in [0.717, 1.165) is 11.1 Å². The Balaban J connectivity index is 3.69. The molecule has 2 amide bonds. The summed E-state index contributed by atoms with van der Waals surface area (Å²) in [6.45, 7) is 20.4. The molecule has 0 aliphatic rings. The second-order valence-corrected chi connectivity index (χ2v) is 9.78. The van der Waals surface area contributed by atoms with Gasteiger partial charge in [-0.25, -0.2) is 9.78 Å². The Labute approximate surface area is 192 Å². The largest absolute Gasteiger partial charge is 0.459 e. The number of ether oxygens (including phenoxy) is 2. The topological polar surface area (TPSA) is 97.8 Å². The van der Waals surface area contributed by atoms with Crippen LogP contribution in [0.25, 0.3) is 0 Å². The molecule has 0 saturated carbocycles. The average Bonchev–Trinajstić information content (AvgIpc) is 2.61. The van der Waals surface area contributed by atoms with E-state index in [0.29, 0.717) is 24.5 Å². The SMILES string of the molecule is CCNC(=O)C(C(=O)OC(C)(C)C)c1nc(N(CC)C(=O)OC(C)(C)C)c(C)c(C)c1C. The van der Waals surface area contributed by atoms with Gasteiger partial charge >= 0.3 is 12.1 Å². The van der Waals surface area contributed by atoms with Gasteiger partial charge in [0.25, 0.3) is 0 Å². The van der Waals surface area contributed by atoms with Crippen molar-refractivity contribution in [3.63, 3.8) is 0 Å². The Bertz CT molecular complexity index is 866. The van der Waals surface area contributed by atoms with E-state index in [1.54, 1.807) is 48.5 Å². The van der Waals surface area contributed by atoms with E-state index in [-0.39, 0.29) is 5.69 Å². The van der Waals surface area contributed by atoms with Gasteiger partial charge in [-0.1, -0.05) is 0 Å². The van der Waals surface area contributed by atoms with E-state index < -0.39 is 35.1 Å². The number of esters is 1. The van der Waals surface area contributed by atoms with Crippen molar-refractivity contribution in [3.05, 3.63) is 22.4 Å². The van der Waals surface area contributed by atoms with Crippen molar-refractivity contribution >= 4 is 23.8 Å². The van der Waals surface area contributed by atoms with Gasteiger partial charge in [0.05, 0.1) is 5.69 Å². The Morgan fingerprint density at radius 2 is 1.44 bits per heavy atom. The maximum Gasteiger partial charge on any atom is 0.415 e. The average molecular weight is 450 g/mol. The maximum absolute atomic E-state index is 13.1. The standard InChI is InChI=1S/C24H39N3O5/c1-12-25-20(28)17(21(29)31-23(6,7)8)18-15(4)14(3)16(5)19(26-18)27(13-2)22(30)32-24(9,10)11/h17H,12-13H2,1-11H3,(H,25,28). The molecule has 0 aromatic carbocycles. The second kappa shape index (κ2) is 10.3. The van der Waals surface area contributed by atoms with Gasteiger partial charge in [0.1, 0.15) is 17.0 Å². The summed E-state index contributed by atoms with van der Waals surface area (Å²) in [4.78, 5) is 45.0. The lowest BCUT2D eigenvalue weighted by Crippen LogP contribution is -2.40. The highest BCUT2D eigenvalue weighted by atomic mass is 16.6. The summed E-state index contributed by atoms with van der Waals surface area (Å²) in [6, 6.07) is 0. The minimum absolute atomic E-state index is 0.269. The Kier molecular flexibility index (Phi) is 8.83. The molecule has 0 spiro atoms. The number of hydrogen-bond donors (Lipinski definition) is 1. The third-order valence-electron chi connectivity index (χ3n) is 4.79. The monoisotopic (exact) mass is 449 g/mol. The smallest absolute Gasteiger partial charge is 0.415 e. The number of hydrogen-bond acceptors (Lipinski definition) is 6. The van der Waals surface area contributed by atoms with Gasteiger partial charge in [-0.2, -0.15) is 0 Å². The molecule has 180 valence electrons. The first-order valence-electron chi connectivity index (χ1n) is 11.0. The molecule has 1 heterocycles. The number of carbonyl (C=O) groups is 3. The summed E-state index contributed by atoms with van der Waals surface area (Å²) in [6.07, 6.45) is -0.545. The molecule has 0 saturated heterocycles. The highest BCUT2D eigenvalue weighted by Gasteiger charge is 2.37. The van der Waals surface area contributed by atoms with Crippen molar-refractivity contribution in [3.8, 4) is 0 Å². The summed E-state index contributed by atoms with van der Waals surface area (Å²) < 4.78 is 11.1. The molecule has 0 fully saturated rings. The van der Waals surface area contributed by atoms with Crippen LogP contribution in [0.5, 0.6) is 0 Å². The minimum atomic E-state index is -1.26. The zero-order valence-corrected chi connectivity index (χ0v) is 21.4. The molecule has 32 heavy (non-hydrogen) atoms. The van der Waals surface area contributed by atoms with Gasteiger partial charge in [-0.05, 0) is 92.9 Å². The first-order valence-corrected chi connectivity index (χ1v) is 11.0. The molecule has 1 aromatic heterocycles. The van der Waals surface area contributed by atoms with Crippen LogP contribution in [0, 0.1) is 20.8 Å². The van der Waals surface area contributed by atoms with Crippen LogP contribution < -0.4 is 10.2 Å². The predicted molar refractivity (Wildman–Crippen MR) is 125 cm³/mol. The summed E-state index contributed by atoms with van der Waals surface area (Å²) in [5.41, 5.74) is 1.13. The number of nitrogens with one attached hydrogen (secondary N) is 1. The van der Waals surface area contributed by atoms with Crippen LogP contribution in [0.2, 0.25) is 0 Å². The third kappa shape index (κ3) is 6.93. The highest BCUT2D eigenvalue weighted by molar-refractivity contribution is 6.03. The van der Waals surface area contributed by atoms with E-state index >= 15 is 0 Å². The van der Waals surface area contributed by atoms with E-state index in [4.69, 9.17) is 9.47 Å². The number of carbonyl (C=O) groups excluding carboxylic acids is 3. The summed E-state index contributed by atoms with van der Waals surface area (Å²) in [5.74, 6) is -2.08. The Hall–Kier alpha value is -2.64. The van der Waals surface area contributed by atoms with Crippen LogP contribution in [0.4, 0.5) is 10.6 Å². The first-order chi connectivity index (χ1) is 14.5. The number of likely N-dealkylation sites (N-methyl/N-ethyl adjacent to an activating group) is 1. The number of aromatic nitrogens is 1. The van der Waals surface area contributed by atoms with E-state index in [2.05, 4.69) is 10.3 Å². The Morgan fingerprint density at radius 1 is 0.906 bits per heavy atom. The molecule has 1 N–H and O–H groups in total. The van der Waals surface area contributed by atoms with Crippen molar-refractivity contribution in [2.45, 2.75) is 93.3 Å². The number of pyridine rings is 1. The number of anilines is 1. The van der Waals surface area contributed by atoms with Gasteiger partial charge in [0.2, 0.25) is 5.91 Å². The second-order valence-electron chi connectivity index (χ2n) is 9.78. The molecular formula is C24H39N3O5. The van der Waals surface area contributed by atoms with Crippen LogP contribution in [-0.2, 0) is 19.1 Å². The fourth-order valence-electron chi connectivity index (χ4n) is 3.13. The highest BCUT2D eigenvalue weighted by Crippen LogP contribution is 2.31. The van der Waals surface area contributed by atoms with Gasteiger partial charge < -0.3 is 14.8 Å². The molecule has 1 aromatic rings. The molecule has 0 aliphatic heterocycles. The van der Waals surface area contributed by atoms with E-state index in [9.17, 15) is 14.4 Å². The lowest BCUT2D eigenvalue weighted by molar-refractivity contribution is -0.158. The van der Waals surface area contributed by atoms with Crippen molar-refractivity contribution in [2.75, 3.05) is 18.0 Å². The third-order valence-corrected chi connectivity index (χ3v) is 4.79. The Morgan fingerprint density at radius 3 is 1.88 bits per heavy atom. The normalized spacial score (nSPS) is 12.7. The van der Waals surface area contributed by atoms with E-state index in [1.807, 2.05) is 27.7 Å². The van der Waals surface area contributed by atoms with Crippen molar-refractivity contribution in [1.82, 2.24) is 10.3 Å². The molecule has 1 rings (SSSR count). The summed E-state index contributed by atoms with van der Waals surface area (Å²) in [5, 5.41) is 2.70. The van der Waals surface area contributed by atoms with Crippen LogP contribution in [0.15, 0.2) is 0 Å². The molecule has 0 radical (unpaired) electrons. The summed E-state index contributed by atoms with van der Waals surface area (Å²) >= 11 is 0. The molecule has 8 nitrogen and oxygen atoms in total. The quantitative estimate of drug-likeness (QED) is 0.513. The van der Waals surface area contributed by atoms with Crippen LogP contribution in [-0.4, -0.2) is 47.2 Å². The molecule has 8 heteroatoms. The lowest BCUT2D eigenvalue weighted by atomic mass is 9.94. The van der Waals surface area contributed by atoms with E-state index in [1.165, 1.54) is 4.90 Å². The molecule has 1 atom stereocenters. The predicted octanol–water partition coefficient (Wildman–Crippen LogP) is 4.33. The van der Waals surface area contributed by atoms with Crippen LogP contribution in [0.1, 0.15) is 83.7 Å². The van der Waals surface area contributed by atoms with Gasteiger partial charge in [-0.3, -0.25) is 14.5 Å². The first kappa shape index (κ1) is 27.4. The van der Waals surface area contributed by atoms with Gasteiger partial charge in [0.15, 0.2) is 5.92 Å².